The van der Waals surface area contributed by atoms with Crippen molar-refractivity contribution in [3.05, 3.63) is 63.6 Å². The van der Waals surface area contributed by atoms with Gasteiger partial charge in [0.25, 0.3) is 5.91 Å². The molecule has 0 aliphatic carbocycles. The highest BCUT2D eigenvalue weighted by Gasteiger charge is 2.20. The van der Waals surface area contributed by atoms with Gasteiger partial charge in [0.2, 0.25) is 0 Å². The fourth-order valence-corrected chi connectivity index (χ4v) is 2.49. The van der Waals surface area contributed by atoms with Gasteiger partial charge in [0, 0.05) is 10.7 Å². The molecule has 1 amide bonds. The molecular weight excluding hydrogens is 349 g/mol. The van der Waals surface area contributed by atoms with Crippen LogP contribution in [0.3, 0.4) is 0 Å². The highest BCUT2D eigenvalue weighted by molar-refractivity contribution is 6.36. The Balaban J connectivity index is 1.98. The first-order valence-electron chi connectivity index (χ1n) is 7.46. The van der Waals surface area contributed by atoms with Crippen LogP contribution in [-0.2, 0) is 16.0 Å². The van der Waals surface area contributed by atoms with E-state index in [1.807, 2.05) is 12.1 Å². The molecule has 0 unspecified atom stereocenters. The molecule has 0 radical (unpaired) electrons. The van der Waals surface area contributed by atoms with Gasteiger partial charge in [-0.15, -0.1) is 0 Å². The second-order valence-electron chi connectivity index (χ2n) is 5.21. The molecule has 6 heteroatoms. The molecule has 0 spiro atoms. The molecule has 24 heavy (non-hydrogen) atoms. The number of benzene rings is 2. The van der Waals surface area contributed by atoms with Crippen molar-refractivity contribution >= 4 is 40.8 Å². The molecule has 0 aliphatic rings. The van der Waals surface area contributed by atoms with Crippen LogP contribution in [0.2, 0.25) is 10.0 Å². The molecular formula is C18H17Cl2NO3. The van der Waals surface area contributed by atoms with Gasteiger partial charge < -0.3 is 10.1 Å². The molecule has 0 saturated heterocycles. The van der Waals surface area contributed by atoms with Crippen molar-refractivity contribution in [2.45, 2.75) is 26.4 Å². The Kier molecular flexibility index (Phi) is 6.23. The van der Waals surface area contributed by atoms with Crippen LogP contribution in [-0.4, -0.2) is 18.0 Å². The molecule has 0 aliphatic heterocycles. The smallest absolute Gasteiger partial charge is 0.340 e. The number of rotatable bonds is 5. The predicted octanol–water partition coefficient (Wildman–Crippen LogP) is 4.74. The van der Waals surface area contributed by atoms with Gasteiger partial charge >= 0.3 is 5.97 Å². The number of amides is 1. The highest BCUT2D eigenvalue weighted by atomic mass is 35.5. The van der Waals surface area contributed by atoms with Crippen molar-refractivity contribution in [1.29, 1.82) is 0 Å². The summed E-state index contributed by atoms with van der Waals surface area (Å²) < 4.78 is 5.16. The lowest BCUT2D eigenvalue weighted by Crippen LogP contribution is -2.30. The molecule has 126 valence electrons. The molecule has 1 atom stereocenters. The minimum absolute atomic E-state index is 0.160. The van der Waals surface area contributed by atoms with E-state index in [9.17, 15) is 9.59 Å². The third-order valence-corrected chi connectivity index (χ3v) is 3.98. The largest absolute Gasteiger partial charge is 0.449 e. The van der Waals surface area contributed by atoms with E-state index in [4.69, 9.17) is 27.9 Å². The molecule has 0 fully saturated rings. The van der Waals surface area contributed by atoms with Crippen LogP contribution < -0.4 is 5.32 Å². The number of esters is 1. The van der Waals surface area contributed by atoms with Crippen molar-refractivity contribution in [2.75, 3.05) is 5.32 Å². The molecule has 0 heterocycles. The number of ether oxygens (including phenoxy) is 1. The van der Waals surface area contributed by atoms with E-state index in [-0.39, 0.29) is 10.6 Å². The topological polar surface area (TPSA) is 55.4 Å². The monoisotopic (exact) mass is 365 g/mol. The molecule has 0 bridgehead atoms. The van der Waals surface area contributed by atoms with E-state index in [0.29, 0.717) is 10.7 Å². The molecule has 0 aromatic heterocycles. The fourth-order valence-electron chi connectivity index (χ4n) is 2.00. The van der Waals surface area contributed by atoms with Gasteiger partial charge in [-0.05, 0) is 49.2 Å². The fraction of sp³-hybridized carbons (Fsp3) is 0.222. The number of nitrogens with one attached hydrogen (secondary N) is 1. The van der Waals surface area contributed by atoms with Gasteiger partial charge in [-0.25, -0.2) is 4.79 Å². The van der Waals surface area contributed by atoms with Gasteiger partial charge in [-0.3, -0.25) is 4.79 Å². The lowest BCUT2D eigenvalue weighted by atomic mass is 10.1. The first-order valence-corrected chi connectivity index (χ1v) is 8.22. The quantitative estimate of drug-likeness (QED) is 0.778. The summed E-state index contributed by atoms with van der Waals surface area (Å²) in [5.74, 6) is -1.10. The van der Waals surface area contributed by atoms with Crippen molar-refractivity contribution < 1.29 is 14.3 Å². The summed E-state index contributed by atoms with van der Waals surface area (Å²) in [5.41, 5.74) is 1.97. The van der Waals surface area contributed by atoms with Crippen LogP contribution in [0.5, 0.6) is 0 Å². The summed E-state index contributed by atoms with van der Waals surface area (Å²) in [5, 5.41) is 3.29. The molecule has 4 nitrogen and oxygen atoms in total. The summed E-state index contributed by atoms with van der Waals surface area (Å²) in [4.78, 5) is 24.2. The summed E-state index contributed by atoms with van der Waals surface area (Å²) >= 11 is 11.7. The zero-order chi connectivity index (χ0) is 17.7. The van der Waals surface area contributed by atoms with E-state index in [2.05, 4.69) is 12.2 Å². The van der Waals surface area contributed by atoms with E-state index in [1.165, 1.54) is 30.7 Å². The summed E-state index contributed by atoms with van der Waals surface area (Å²) in [6.45, 7) is 3.55. The third kappa shape index (κ3) is 4.73. The zero-order valence-electron chi connectivity index (χ0n) is 13.3. The van der Waals surface area contributed by atoms with Crippen LogP contribution in [0, 0.1) is 0 Å². The first kappa shape index (κ1) is 18.3. The Morgan fingerprint density at radius 3 is 2.38 bits per heavy atom. The summed E-state index contributed by atoms with van der Waals surface area (Å²) in [6, 6.07) is 11.9. The molecule has 0 saturated carbocycles. The first-order chi connectivity index (χ1) is 11.4. The lowest BCUT2D eigenvalue weighted by molar-refractivity contribution is -0.123. The SMILES string of the molecule is CCc1ccc(NC(=O)[C@H](C)OC(=O)c2ccc(Cl)cc2Cl)cc1. The average Bonchev–Trinajstić information content (AvgIpc) is 2.55. The van der Waals surface area contributed by atoms with Gasteiger partial charge in [0.05, 0.1) is 10.6 Å². The molecule has 1 N–H and O–H groups in total. The van der Waals surface area contributed by atoms with Gasteiger partial charge in [-0.1, -0.05) is 42.3 Å². The number of carbonyl (C=O) groups excluding carboxylic acids is 2. The standard InChI is InChI=1S/C18H17Cl2NO3/c1-3-12-4-7-14(8-5-12)21-17(22)11(2)24-18(23)15-9-6-13(19)10-16(15)20/h4-11H,3H2,1-2H3,(H,21,22)/t11-/m0/s1. The Morgan fingerprint density at radius 2 is 1.79 bits per heavy atom. The summed E-state index contributed by atoms with van der Waals surface area (Å²) in [7, 11) is 0. The third-order valence-electron chi connectivity index (χ3n) is 3.43. The van der Waals surface area contributed by atoms with E-state index >= 15 is 0 Å². The van der Waals surface area contributed by atoms with Gasteiger partial charge in [-0.2, -0.15) is 0 Å². The number of anilines is 1. The normalized spacial score (nSPS) is 11.7. The van der Waals surface area contributed by atoms with Crippen molar-refractivity contribution in [3.63, 3.8) is 0 Å². The number of aryl methyl sites for hydroxylation is 1. The van der Waals surface area contributed by atoms with Crippen LogP contribution in [0.15, 0.2) is 42.5 Å². The Hall–Kier alpha value is -2.04. The number of carbonyl (C=O) groups is 2. The number of halogens is 2. The Bertz CT molecular complexity index is 744. The predicted molar refractivity (Wildman–Crippen MR) is 95.8 cm³/mol. The maximum absolute atomic E-state index is 12.1. The minimum Gasteiger partial charge on any atom is -0.449 e. The molecule has 2 rings (SSSR count). The van der Waals surface area contributed by atoms with Crippen molar-refractivity contribution in [1.82, 2.24) is 0 Å². The number of hydrogen-bond acceptors (Lipinski definition) is 3. The van der Waals surface area contributed by atoms with Gasteiger partial charge in [0.1, 0.15) is 0 Å². The second-order valence-corrected chi connectivity index (χ2v) is 6.06. The Labute approximate surface area is 150 Å². The highest BCUT2D eigenvalue weighted by Crippen LogP contribution is 2.22. The lowest BCUT2D eigenvalue weighted by Gasteiger charge is -2.14. The van der Waals surface area contributed by atoms with E-state index in [1.54, 1.807) is 12.1 Å². The maximum Gasteiger partial charge on any atom is 0.340 e. The van der Waals surface area contributed by atoms with Crippen molar-refractivity contribution in [2.24, 2.45) is 0 Å². The van der Waals surface area contributed by atoms with E-state index in [0.717, 1.165) is 6.42 Å². The maximum atomic E-state index is 12.1. The van der Waals surface area contributed by atoms with Crippen LogP contribution in [0.4, 0.5) is 5.69 Å². The molecule has 2 aromatic carbocycles. The van der Waals surface area contributed by atoms with Gasteiger partial charge in [0.15, 0.2) is 6.10 Å². The molecule has 2 aromatic rings. The van der Waals surface area contributed by atoms with Crippen LogP contribution >= 0.6 is 23.2 Å². The number of hydrogen-bond donors (Lipinski definition) is 1. The minimum atomic E-state index is -0.963. The van der Waals surface area contributed by atoms with Crippen molar-refractivity contribution in [3.8, 4) is 0 Å². The summed E-state index contributed by atoms with van der Waals surface area (Å²) in [6.07, 6.45) is -0.0421. The zero-order valence-corrected chi connectivity index (χ0v) is 14.8. The Morgan fingerprint density at radius 1 is 1.12 bits per heavy atom. The van der Waals surface area contributed by atoms with Crippen LogP contribution in [0.25, 0.3) is 0 Å². The van der Waals surface area contributed by atoms with E-state index < -0.39 is 18.0 Å². The second kappa shape index (κ2) is 8.18. The van der Waals surface area contributed by atoms with Crippen LogP contribution in [0.1, 0.15) is 29.8 Å². The average molecular weight is 366 g/mol.